The minimum Gasteiger partial charge on any atom is -0.310 e. The van der Waals surface area contributed by atoms with Crippen molar-refractivity contribution in [2.75, 3.05) is 6.54 Å². The summed E-state index contributed by atoms with van der Waals surface area (Å²) in [6.45, 7) is 7.17. The Kier molecular flexibility index (Phi) is 2.94. The highest BCUT2D eigenvalue weighted by atomic mass is 14.9. The van der Waals surface area contributed by atoms with Crippen LogP contribution in [0.15, 0.2) is 12.2 Å². The molecule has 0 aromatic heterocycles. The summed E-state index contributed by atoms with van der Waals surface area (Å²) in [7, 11) is 0. The molecule has 1 radical (unpaired) electrons. The fourth-order valence-corrected chi connectivity index (χ4v) is 1.33. The molecule has 0 aromatic rings. The van der Waals surface area contributed by atoms with Gasteiger partial charge < -0.3 is 5.32 Å². The van der Waals surface area contributed by atoms with Crippen molar-refractivity contribution in [1.29, 1.82) is 0 Å². The van der Waals surface area contributed by atoms with Gasteiger partial charge in [0.25, 0.3) is 0 Å². The van der Waals surface area contributed by atoms with Gasteiger partial charge in [-0.25, -0.2) is 0 Å². The highest BCUT2D eigenvalue weighted by Gasteiger charge is 2.09. The predicted molar refractivity (Wildman–Crippen MR) is 44.7 cm³/mol. The molecule has 0 amide bonds. The molecule has 1 aliphatic heterocycles. The van der Waals surface area contributed by atoms with E-state index in [4.69, 9.17) is 0 Å². The van der Waals surface area contributed by atoms with Crippen LogP contribution in [0.25, 0.3) is 0 Å². The van der Waals surface area contributed by atoms with Gasteiger partial charge in [-0.3, -0.25) is 0 Å². The molecule has 57 valence electrons. The molecule has 0 spiro atoms. The zero-order valence-corrected chi connectivity index (χ0v) is 6.64. The van der Waals surface area contributed by atoms with Gasteiger partial charge in [-0.05, 0) is 18.8 Å². The van der Waals surface area contributed by atoms with E-state index in [2.05, 4.69) is 31.3 Å². The fraction of sp³-hybridized carbons (Fsp3) is 0.667. The highest BCUT2D eigenvalue weighted by molar-refractivity contribution is 4.94. The molecule has 0 saturated carbocycles. The van der Waals surface area contributed by atoms with Gasteiger partial charge in [0.2, 0.25) is 0 Å². The molecule has 1 N–H and O–H groups in total. The second-order valence-electron chi connectivity index (χ2n) is 3.15. The Balaban J connectivity index is 2.22. The van der Waals surface area contributed by atoms with Gasteiger partial charge in [-0.15, -0.1) is 0 Å². The van der Waals surface area contributed by atoms with Crippen LogP contribution < -0.4 is 5.32 Å². The Hall–Kier alpha value is -0.300. The molecule has 1 nitrogen and oxygen atoms in total. The summed E-state index contributed by atoms with van der Waals surface area (Å²) in [5, 5.41) is 3.42. The summed E-state index contributed by atoms with van der Waals surface area (Å²) in [5.74, 6) is 0.573. The van der Waals surface area contributed by atoms with Crippen molar-refractivity contribution in [1.82, 2.24) is 5.32 Å². The lowest BCUT2D eigenvalue weighted by Gasteiger charge is -2.20. The highest BCUT2D eigenvalue weighted by Crippen LogP contribution is 2.09. The lowest BCUT2D eigenvalue weighted by Crippen LogP contribution is -2.32. The molecule has 1 heterocycles. The zero-order chi connectivity index (χ0) is 7.40. The smallest absolute Gasteiger partial charge is 0.0137 e. The molecular weight excluding hydrogens is 122 g/mol. The van der Waals surface area contributed by atoms with Crippen molar-refractivity contribution < 1.29 is 0 Å². The summed E-state index contributed by atoms with van der Waals surface area (Å²) in [6, 6.07) is 0.678. The van der Waals surface area contributed by atoms with Crippen LogP contribution in [0.4, 0.5) is 0 Å². The van der Waals surface area contributed by atoms with Crippen LogP contribution in [-0.2, 0) is 0 Å². The molecule has 1 rings (SSSR count). The van der Waals surface area contributed by atoms with Crippen LogP contribution in [0.5, 0.6) is 0 Å². The first-order chi connectivity index (χ1) is 4.79. The monoisotopic (exact) mass is 138 g/mol. The van der Waals surface area contributed by atoms with Crippen LogP contribution in [0.3, 0.4) is 0 Å². The molecule has 0 bridgehead atoms. The standard InChI is InChI=1S/C9H16N/c1-8(2)7-9-5-3-4-6-10-9/h3-4,8-10H,1,5-7H2,2H3. The largest absolute Gasteiger partial charge is 0.310 e. The lowest BCUT2D eigenvalue weighted by molar-refractivity contribution is 0.445. The number of rotatable bonds is 2. The maximum atomic E-state index is 3.97. The first-order valence-electron chi connectivity index (χ1n) is 4.00. The average molecular weight is 138 g/mol. The van der Waals surface area contributed by atoms with Crippen molar-refractivity contribution in [3.8, 4) is 0 Å². The quantitative estimate of drug-likeness (QED) is 0.573. The van der Waals surface area contributed by atoms with Crippen molar-refractivity contribution in [2.24, 2.45) is 5.92 Å². The van der Waals surface area contributed by atoms with Crippen molar-refractivity contribution in [3.63, 3.8) is 0 Å². The lowest BCUT2D eigenvalue weighted by atomic mass is 9.99. The van der Waals surface area contributed by atoms with Gasteiger partial charge in [0, 0.05) is 12.6 Å². The van der Waals surface area contributed by atoms with E-state index in [0.717, 1.165) is 6.54 Å². The van der Waals surface area contributed by atoms with Gasteiger partial charge in [-0.2, -0.15) is 0 Å². The molecule has 10 heavy (non-hydrogen) atoms. The number of nitrogens with one attached hydrogen (secondary N) is 1. The molecule has 0 fully saturated rings. The molecule has 1 heteroatoms. The minimum absolute atomic E-state index is 0.573. The SMILES string of the molecule is [CH2]C(C)CC1CC=CCN1. The zero-order valence-electron chi connectivity index (χ0n) is 6.64. The van der Waals surface area contributed by atoms with E-state index in [1.807, 2.05) is 0 Å². The maximum Gasteiger partial charge on any atom is 0.0137 e. The van der Waals surface area contributed by atoms with Crippen LogP contribution in [-0.4, -0.2) is 12.6 Å². The second-order valence-corrected chi connectivity index (χ2v) is 3.15. The first kappa shape index (κ1) is 7.80. The van der Waals surface area contributed by atoms with Crippen LogP contribution >= 0.6 is 0 Å². The molecular formula is C9H16N. The van der Waals surface area contributed by atoms with Gasteiger partial charge in [0.05, 0.1) is 0 Å². The maximum absolute atomic E-state index is 3.97. The van der Waals surface area contributed by atoms with Gasteiger partial charge >= 0.3 is 0 Å². The van der Waals surface area contributed by atoms with E-state index >= 15 is 0 Å². The third kappa shape index (κ3) is 2.53. The van der Waals surface area contributed by atoms with E-state index in [0.29, 0.717) is 12.0 Å². The molecule has 2 unspecified atom stereocenters. The van der Waals surface area contributed by atoms with Gasteiger partial charge in [0.1, 0.15) is 0 Å². The van der Waals surface area contributed by atoms with Crippen LogP contribution in [0.1, 0.15) is 19.8 Å². The van der Waals surface area contributed by atoms with Crippen molar-refractivity contribution in [3.05, 3.63) is 19.1 Å². The number of hydrogen-bond donors (Lipinski definition) is 1. The normalized spacial score (nSPS) is 25.7. The van der Waals surface area contributed by atoms with Crippen molar-refractivity contribution >= 4 is 0 Å². The van der Waals surface area contributed by atoms with Crippen LogP contribution in [0, 0.1) is 12.8 Å². The molecule has 0 aromatic carbocycles. The minimum atomic E-state index is 0.573. The Bertz CT molecular complexity index is 116. The predicted octanol–water partition coefficient (Wildman–Crippen LogP) is 1.76. The molecule has 1 aliphatic rings. The Labute approximate surface area is 63.5 Å². The Morgan fingerprint density at radius 3 is 3.00 bits per heavy atom. The first-order valence-corrected chi connectivity index (χ1v) is 4.00. The van der Waals surface area contributed by atoms with E-state index in [1.54, 1.807) is 0 Å². The van der Waals surface area contributed by atoms with E-state index < -0.39 is 0 Å². The Morgan fingerprint density at radius 2 is 2.50 bits per heavy atom. The summed E-state index contributed by atoms with van der Waals surface area (Å²) in [5.41, 5.74) is 0. The van der Waals surface area contributed by atoms with Gasteiger partial charge in [-0.1, -0.05) is 26.0 Å². The summed E-state index contributed by atoms with van der Waals surface area (Å²) in [6.07, 6.45) is 6.82. The van der Waals surface area contributed by atoms with E-state index in [1.165, 1.54) is 12.8 Å². The van der Waals surface area contributed by atoms with E-state index in [-0.39, 0.29) is 0 Å². The molecule has 2 atom stereocenters. The second kappa shape index (κ2) is 3.77. The molecule has 0 saturated heterocycles. The van der Waals surface area contributed by atoms with Crippen molar-refractivity contribution in [2.45, 2.75) is 25.8 Å². The van der Waals surface area contributed by atoms with Crippen LogP contribution in [0.2, 0.25) is 0 Å². The Morgan fingerprint density at radius 1 is 1.70 bits per heavy atom. The number of hydrogen-bond acceptors (Lipinski definition) is 1. The third-order valence-electron chi connectivity index (χ3n) is 1.80. The van der Waals surface area contributed by atoms with Gasteiger partial charge in [0.15, 0.2) is 0 Å². The van der Waals surface area contributed by atoms with E-state index in [9.17, 15) is 0 Å². The fourth-order valence-electron chi connectivity index (χ4n) is 1.33. The topological polar surface area (TPSA) is 12.0 Å². The summed E-state index contributed by atoms with van der Waals surface area (Å²) in [4.78, 5) is 0. The molecule has 0 aliphatic carbocycles. The third-order valence-corrected chi connectivity index (χ3v) is 1.80. The summed E-state index contributed by atoms with van der Waals surface area (Å²) >= 11 is 0. The summed E-state index contributed by atoms with van der Waals surface area (Å²) < 4.78 is 0. The average Bonchev–Trinajstić information content (AvgIpc) is 1.88.